The van der Waals surface area contributed by atoms with Gasteiger partial charge in [0.25, 0.3) is 5.91 Å². The summed E-state index contributed by atoms with van der Waals surface area (Å²) in [5.41, 5.74) is 4.36. The molecule has 1 aromatic heterocycles. The topological polar surface area (TPSA) is 48.1 Å². The lowest BCUT2D eigenvalue weighted by atomic mass is 9.96. The fraction of sp³-hybridized carbons (Fsp3) is 0.348. The van der Waals surface area contributed by atoms with E-state index in [0.29, 0.717) is 11.6 Å². The molecule has 0 radical (unpaired) electrons. The van der Waals surface area contributed by atoms with E-state index in [2.05, 4.69) is 46.4 Å². The zero-order chi connectivity index (χ0) is 18.6. The van der Waals surface area contributed by atoms with Crippen LogP contribution in [0.25, 0.3) is 10.9 Å². The normalized spacial score (nSPS) is 15.9. The Kier molecular flexibility index (Phi) is 5.26. The highest BCUT2D eigenvalue weighted by Crippen LogP contribution is 2.19. The number of hydrogen-bond donors (Lipinski definition) is 2. The minimum absolute atomic E-state index is 0.00612. The van der Waals surface area contributed by atoms with Crippen LogP contribution in [0.15, 0.2) is 54.6 Å². The van der Waals surface area contributed by atoms with E-state index >= 15 is 0 Å². The van der Waals surface area contributed by atoms with Crippen molar-refractivity contribution in [2.75, 3.05) is 19.6 Å². The molecule has 1 amide bonds. The molecule has 3 aromatic rings. The van der Waals surface area contributed by atoms with Crippen molar-refractivity contribution in [3.8, 4) is 0 Å². The van der Waals surface area contributed by atoms with Crippen LogP contribution in [-0.4, -0.2) is 35.4 Å². The van der Waals surface area contributed by atoms with Crippen LogP contribution in [0.1, 0.15) is 34.5 Å². The van der Waals surface area contributed by atoms with Crippen LogP contribution in [0.3, 0.4) is 0 Å². The standard InChI is InChI=1S/C23H27N3O/c1-17-5-4-6-19(13-17)16-26-11-9-18(10-12-26)15-24-23(27)22-14-20-7-2-3-8-21(20)25-22/h2-8,13-14,18,25H,9-12,15-16H2,1H3,(H,24,27). The van der Waals surface area contributed by atoms with Gasteiger partial charge in [-0.2, -0.15) is 0 Å². The highest BCUT2D eigenvalue weighted by molar-refractivity contribution is 5.97. The zero-order valence-corrected chi connectivity index (χ0v) is 15.9. The van der Waals surface area contributed by atoms with Gasteiger partial charge in [0, 0.05) is 24.0 Å². The molecule has 4 nitrogen and oxygen atoms in total. The van der Waals surface area contributed by atoms with Gasteiger partial charge in [-0.3, -0.25) is 9.69 Å². The number of likely N-dealkylation sites (tertiary alicyclic amines) is 1. The van der Waals surface area contributed by atoms with Crippen molar-refractivity contribution in [1.82, 2.24) is 15.2 Å². The van der Waals surface area contributed by atoms with Gasteiger partial charge in [-0.1, -0.05) is 48.0 Å². The predicted octanol–water partition coefficient (Wildman–Crippen LogP) is 4.12. The van der Waals surface area contributed by atoms with Crippen molar-refractivity contribution in [3.63, 3.8) is 0 Å². The first-order chi connectivity index (χ1) is 13.2. The van der Waals surface area contributed by atoms with Gasteiger partial charge >= 0.3 is 0 Å². The van der Waals surface area contributed by atoms with Crippen LogP contribution in [0.2, 0.25) is 0 Å². The molecule has 0 bridgehead atoms. The molecule has 4 rings (SSSR count). The van der Waals surface area contributed by atoms with E-state index in [9.17, 15) is 4.79 Å². The number of amides is 1. The number of benzene rings is 2. The predicted molar refractivity (Wildman–Crippen MR) is 110 cm³/mol. The second-order valence-corrected chi connectivity index (χ2v) is 7.69. The second-order valence-electron chi connectivity index (χ2n) is 7.69. The molecular weight excluding hydrogens is 334 g/mol. The van der Waals surface area contributed by atoms with Gasteiger partial charge < -0.3 is 10.3 Å². The molecule has 4 heteroatoms. The van der Waals surface area contributed by atoms with Gasteiger partial charge in [0.2, 0.25) is 0 Å². The molecule has 1 aliphatic rings. The molecule has 0 saturated carbocycles. The summed E-state index contributed by atoms with van der Waals surface area (Å²) >= 11 is 0. The number of hydrogen-bond acceptors (Lipinski definition) is 2. The molecule has 1 saturated heterocycles. The van der Waals surface area contributed by atoms with Crippen molar-refractivity contribution in [1.29, 1.82) is 0 Å². The fourth-order valence-electron chi connectivity index (χ4n) is 3.95. The first kappa shape index (κ1) is 17.8. The summed E-state index contributed by atoms with van der Waals surface area (Å²) in [4.78, 5) is 18.2. The molecule has 0 unspecified atom stereocenters. The number of aromatic nitrogens is 1. The third-order valence-electron chi connectivity index (χ3n) is 5.52. The highest BCUT2D eigenvalue weighted by atomic mass is 16.1. The Labute approximate surface area is 160 Å². The van der Waals surface area contributed by atoms with Crippen LogP contribution in [0.5, 0.6) is 0 Å². The minimum Gasteiger partial charge on any atom is -0.351 e. The summed E-state index contributed by atoms with van der Waals surface area (Å²) in [6.45, 7) is 6.12. The number of fused-ring (bicyclic) bond motifs is 1. The van der Waals surface area contributed by atoms with E-state index in [1.807, 2.05) is 30.3 Å². The van der Waals surface area contributed by atoms with Gasteiger partial charge in [0.1, 0.15) is 5.69 Å². The average Bonchev–Trinajstić information content (AvgIpc) is 3.12. The summed E-state index contributed by atoms with van der Waals surface area (Å²) < 4.78 is 0. The third-order valence-corrected chi connectivity index (χ3v) is 5.52. The number of rotatable bonds is 5. The summed E-state index contributed by atoms with van der Waals surface area (Å²) in [6.07, 6.45) is 2.28. The van der Waals surface area contributed by atoms with Crippen LogP contribution >= 0.6 is 0 Å². The SMILES string of the molecule is Cc1cccc(CN2CCC(CNC(=O)c3cc4ccccc4[nH]3)CC2)c1. The average molecular weight is 361 g/mol. The molecule has 0 spiro atoms. The van der Waals surface area contributed by atoms with E-state index in [1.54, 1.807) is 0 Å². The van der Waals surface area contributed by atoms with Gasteiger partial charge in [0.05, 0.1) is 0 Å². The van der Waals surface area contributed by atoms with Crippen molar-refractivity contribution in [2.24, 2.45) is 5.92 Å². The molecule has 2 heterocycles. The Hall–Kier alpha value is -2.59. The Morgan fingerprint density at radius 3 is 2.70 bits per heavy atom. The number of carbonyl (C=O) groups excluding carboxylic acids is 1. The van der Waals surface area contributed by atoms with E-state index in [1.165, 1.54) is 11.1 Å². The van der Waals surface area contributed by atoms with Crippen molar-refractivity contribution in [3.05, 3.63) is 71.4 Å². The van der Waals surface area contributed by atoms with Gasteiger partial charge in [-0.05, 0) is 56.5 Å². The molecule has 27 heavy (non-hydrogen) atoms. The molecule has 1 fully saturated rings. The Bertz CT molecular complexity index is 889. The van der Waals surface area contributed by atoms with Crippen molar-refractivity contribution in [2.45, 2.75) is 26.3 Å². The number of carbonyl (C=O) groups is 1. The first-order valence-electron chi connectivity index (χ1n) is 9.81. The quantitative estimate of drug-likeness (QED) is 0.718. The van der Waals surface area contributed by atoms with Crippen LogP contribution in [0.4, 0.5) is 0 Å². The lowest BCUT2D eigenvalue weighted by Gasteiger charge is -2.32. The maximum atomic E-state index is 12.4. The first-order valence-corrected chi connectivity index (χ1v) is 9.81. The maximum absolute atomic E-state index is 12.4. The molecular formula is C23H27N3O. The molecule has 140 valence electrons. The zero-order valence-electron chi connectivity index (χ0n) is 15.9. The van der Waals surface area contributed by atoms with Gasteiger partial charge in [-0.25, -0.2) is 0 Å². The Balaban J connectivity index is 1.25. The van der Waals surface area contributed by atoms with Crippen molar-refractivity contribution >= 4 is 16.8 Å². The number of nitrogens with zero attached hydrogens (tertiary/aromatic N) is 1. The second kappa shape index (κ2) is 7.97. The fourth-order valence-corrected chi connectivity index (χ4v) is 3.95. The Morgan fingerprint density at radius 1 is 1.11 bits per heavy atom. The maximum Gasteiger partial charge on any atom is 0.267 e. The van der Waals surface area contributed by atoms with E-state index in [-0.39, 0.29) is 5.91 Å². The van der Waals surface area contributed by atoms with Crippen LogP contribution < -0.4 is 5.32 Å². The lowest BCUT2D eigenvalue weighted by molar-refractivity contribution is 0.0931. The third kappa shape index (κ3) is 4.40. The van der Waals surface area contributed by atoms with E-state index in [4.69, 9.17) is 0 Å². The number of piperidine rings is 1. The number of H-pyrrole nitrogens is 1. The smallest absolute Gasteiger partial charge is 0.267 e. The summed E-state index contributed by atoms with van der Waals surface area (Å²) in [7, 11) is 0. The molecule has 1 aliphatic heterocycles. The monoisotopic (exact) mass is 361 g/mol. The minimum atomic E-state index is -0.00612. The van der Waals surface area contributed by atoms with E-state index in [0.717, 1.165) is 49.9 Å². The molecule has 0 aliphatic carbocycles. The number of para-hydroxylation sites is 1. The van der Waals surface area contributed by atoms with Crippen molar-refractivity contribution < 1.29 is 4.79 Å². The van der Waals surface area contributed by atoms with Gasteiger partial charge in [-0.15, -0.1) is 0 Å². The van der Waals surface area contributed by atoms with E-state index < -0.39 is 0 Å². The number of nitrogens with one attached hydrogen (secondary N) is 2. The Morgan fingerprint density at radius 2 is 1.93 bits per heavy atom. The molecule has 2 N–H and O–H groups in total. The number of aromatic amines is 1. The van der Waals surface area contributed by atoms with Crippen LogP contribution in [-0.2, 0) is 6.54 Å². The molecule has 0 atom stereocenters. The largest absolute Gasteiger partial charge is 0.351 e. The summed E-state index contributed by atoms with van der Waals surface area (Å²) in [5, 5.41) is 4.19. The molecule has 2 aromatic carbocycles. The lowest BCUT2D eigenvalue weighted by Crippen LogP contribution is -2.38. The van der Waals surface area contributed by atoms with Crippen LogP contribution in [0, 0.1) is 12.8 Å². The highest BCUT2D eigenvalue weighted by Gasteiger charge is 2.20. The summed E-state index contributed by atoms with van der Waals surface area (Å²) in [5.74, 6) is 0.556. The van der Waals surface area contributed by atoms with Gasteiger partial charge in [0.15, 0.2) is 0 Å². The number of aryl methyl sites for hydroxylation is 1. The summed E-state index contributed by atoms with van der Waals surface area (Å²) in [6, 6.07) is 18.7.